The minimum Gasteiger partial charge on any atom is -0.481 e. The number of carboxylic acid groups (broad SMARTS) is 1. The van der Waals surface area contributed by atoms with Crippen molar-refractivity contribution in [3.8, 4) is 0 Å². The molecule has 0 radical (unpaired) electrons. The highest BCUT2D eigenvalue weighted by Crippen LogP contribution is 2.15. The van der Waals surface area contributed by atoms with E-state index in [4.69, 9.17) is 9.63 Å². The van der Waals surface area contributed by atoms with Crippen molar-refractivity contribution in [1.82, 2.24) is 19.9 Å². The molecule has 0 saturated carbocycles. The summed E-state index contributed by atoms with van der Waals surface area (Å²) in [5.74, 6) is -0.932. The van der Waals surface area contributed by atoms with E-state index in [-0.39, 0.29) is 5.75 Å². The highest BCUT2D eigenvalue weighted by atomic mass is 32.2. The van der Waals surface area contributed by atoms with Crippen molar-refractivity contribution in [2.75, 3.05) is 5.75 Å². The summed E-state index contributed by atoms with van der Waals surface area (Å²) in [6.07, 6.45) is 3.00. The topological polar surface area (TPSA) is 94.0 Å². The van der Waals surface area contributed by atoms with Crippen molar-refractivity contribution in [3.05, 3.63) is 24.4 Å². The molecule has 0 aromatic carbocycles. The van der Waals surface area contributed by atoms with Gasteiger partial charge in [-0.2, -0.15) is 0 Å². The second-order valence-electron chi connectivity index (χ2n) is 2.91. The van der Waals surface area contributed by atoms with Crippen LogP contribution in [-0.2, 0) is 11.3 Å². The zero-order valence-electron chi connectivity index (χ0n) is 8.11. The number of nitrogens with zero attached hydrogens (tertiary/aromatic N) is 4. The van der Waals surface area contributed by atoms with Crippen molar-refractivity contribution in [2.24, 2.45) is 0 Å². The van der Waals surface area contributed by atoms with Gasteiger partial charge in [0.15, 0.2) is 5.16 Å². The van der Waals surface area contributed by atoms with Crippen LogP contribution in [0.3, 0.4) is 0 Å². The van der Waals surface area contributed by atoms with E-state index in [0.717, 1.165) is 17.5 Å². The molecule has 0 saturated heterocycles. The molecular weight excluding hydrogens is 232 g/mol. The van der Waals surface area contributed by atoms with Gasteiger partial charge in [0.2, 0.25) is 0 Å². The molecule has 7 nitrogen and oxygen atoms in total. The summed E-state index contributed by atoms with van der Waals surface area (Å²) in [4.78, 5) is 10.4. The van der Waals surface area contributed by atoms with Crippen molar-refractivity contribution < 1.29 is 14.4 Å². The smallest absolute Gasteiger partial charge is 0.313 e. The van der Waals surface area contributed by atoms with Crippen LogP contribution in [0.1, 0.15) is 5.69 Å². The Balaban J connectivity index is 2.04. The van der Waals surface area contributed by atoms with Gasteiger partial charge in [0.05, 0.1) is 12.3 Å². The molecule has 16 heavy (non-hydrogen) atoms. The van der Waals surface area contributed by atoms with Crippen LogP contribution in [0.4, 0.5) is 0 Å². The van der Waals surface area contributed by atoms with E-state index in [9.17, 15) is 4.79 Å². The molecule has 0 bridgehead atoms. The second kappa shape index (κ2) is 4.79. The van der Waals surface area contributed by atoms with Gasteiger partial charge in [-0.1, -0.05) is 16.9 Å². The number of hydrogen-bond donors (Lipinski definition) is 1. The maximum Gasteiger partial charge on any atom is 0.313 e. The van der Waals surface area contributed by atoms with E-state index in [1.165, 1.54) is 12.6 Å². The van der Waals surface area contributed by atoms with Crippen LogP contribution in [-0.4, -0.2) is 36.7 Å². The lowest BCUT2D eigenvalue weighted by molar-refractivity contribution is -0.133. The van der Waals surface area contributed by atoms with Crippen LogP contribution >= 0.6 is 11.8 Å². The van der Waals surface area contributed by atoms with E-state index in [1.807, 2.05) is 0 Å². The minimum absolute atomic E-state index is 0.0441. The fourth-order valence-electron chi connectivity index (χ4n) is 1.08. The fourth-order valence-corrected chi connectivity index (χ4v) is 1.72. The molecule has 0 amide bonds. The molecule has 0 atom stereocenters. The van der Waals surface area contributed by atoms with Crippen molar-refractivity contribution in [2.45, 2.75) is 11.7 Å². The zero-order chi connectivity index (χ0) is 11.4. The molecule has 0 aliphatic carbocycles. The first-order valence-corrected chi connectivity index (χ1v) is 5.36. The van der Waals surface area contributed by atoms with Crippen LogP contribution in [0, 0.1) is 0 Å². The summed E-state index contributed by atoms with van der Waals surface area (Å²) in [7, 11) is 0. The average Bonchev–Trinajstić information content (AvgIpc) is 2.87. The normalized spacial score (nSPS) is 10.5. The van der Waals surface area contributed by atoms with E-state index >= 15 is 0 Å². The van der Waals surface area contributed by atoms with Gasteiger partial charge >= 0.3 is 5.97 Å². The Morgan fingerprint density at radius 2 is 2.50 bits per heavy atom. The fraction of sp³-hybridized carbons (Fsp3) is 0.250. The van der Waals surface area contributed by atoms with Crippen LogP contribution in [0.25, 0.3) is 0 Å². The summed E-state index contributed by atoms with van der Waals surface area (Å²) in [5, 5.41) is 20.4. The third-order valence-corrected chi connectivity index (χ3v) is 2.69. The van der Waals surface area contributed by atoms with E-state index in [0.29, 0.717) is 11.7 Å². The number of hydrogen-bond acceptors (Lipinski definition) is 6. The Labute approximate surface area is 94.5 Å². The molecule has 1 N–H and O–H groups in total. The predicted octanol–water partition coefficient (Wildman–Crippen LogP) is 0.491. The van der Waals surface area contributed by atoms with Gasteiger partial charge in [-0.05, 0) is 0 Å². The third-order valence-electron chi connectivity index (χ3n) is 1.73. The molecule has 0 aliphatic rings. The van der Waals surface area contributed by atoms with Gasteiger partial charge in [0.1, 0.15) is 18.3 Å². The first-order valence-electron chi connectivity index (χ1n) is 4.37. The standard InChI is InChI=1S/C8H8N4O3S/c13-7(14)4-16-8-10-9-5-12(8)3-6-1-2-15-11-6/h1-2,5H,3-4H2,(H,13,14). The molecule has 2 rings (SSSR count). The van der Waals surface area contributed by atoms with Gasteiger partial charge in [0, 0.05) is 6.07 Å². The number of aromatic nitrogens is 4. The summed E-state index contributed by atoms with van der Waals surface area (Å²) in [6, 6.07) is 1.73. The highest BCUT2D eigenvalue weighted by Gasteiger charge is 2.08. The molecule has 8 heteroatoms. The molecule has 2 aromatic heterocycles. The number of carboxylic acids is 1. The van der Waals surface area contributed by atoms with Gasteiger partial charge in [-0.3, -0.25) is 4.79 Å². The highest BCUT2D eigenvalue weighted by molar-refractivity contribution is 7.99. The summed E-state index contributed by atoms with van der Waals surface area (Å²) >= 11 is 1.12. The Morgan fingerprint density at radius 3 is 3.19 bits per heavy atom. The lowest BCUT2D eigenvalue weighted by atomic mass is 10.4. The predicted molar refractivity (Wildman–Crippen MR) is 54.0 cm³/mol. The number of aliphatic carboxylic acids is 1. The Kier molecular flexibility index (Phi) is 3.20. The van der Waals surface area contributed by atoms with E-state index in [1.54, 1.807) is 10.6 Å². The van der Waals surface area contributed by atoms with Crippen LogP contribution in [0.2, 0.25) is 0 Å². The third kappa shape index (κ3) is 2.60. The quantitative estimate of drug-likeness (QED) is 0.760. The van der Waals surface area contributed by atoms with Gasteiger partial charge in [-0.15, -0.1) is 10.2 Å². The van der Waals surface area contributed by atoms with Gasteiger partial charge in [-0.25, -0.2) is 0 Å². The van der Waals surface area contributed by atoms with Gasteiger partial charge in [0.25, 0.3) is 0 Å². The zero-order valence-corrected chi connectivity index (χ0v) is 8.92. The minimum atomic E-state index is -0.888. The Morgan fingerprint density at radius 1 is 1.62 bits per heavy atom. The van der Waals surface area contributed by atoms with Crippen molar-refractivity contribution in [3.63, 3.8) is 0 Å². The first kappa shape index (κ1) is 10.7. The lowest BCUT2D eigenvalue weighted by Gasteiger charge is -2.01. The monoisotopic (exact) mass is 240 g/mol. The second-order valence-corrected chi connectivity index (χ2v) is 3.86. The Hall–Kier alpha value is -1.83. The van der Waals surface area contributed by atoms with Crippen molar-refractivity contribution in [1.29, 1.82) is 0 Å². The largest absolute Gasteiger partial charge is 0.481 e. The van der Waals surface area contributed by atoms with Crippen LogP contribution in [0.15, 0.2) is 28.3 Å². The molecule has 0 spiro atoms. The molecule has 0 aliphatic heterocycles. The molecule has 2 aromatic rings. The first-order chi connectivity index (χ1) is 7.75. The van der Waals surface area contributed by atoms with E-state index in [2.05, 4.69) is 15.4 Å². The number of rotatable bonds is 5. The average molecular weight is 240 g/mol. The van der Waals surface area contributed by atoms with Crippen molar-refractivity contribution >= 4 is 17.7 Å². The molecule has 0 unspecified atom stereocenters. The Bertz CT molecular complexity index is 467. The summed E-state index contributed by atoms with van der Waals surface area (Å²) in [6.45, 7) is 0.464. The number of thioether (sulfide) groups is 1. The molecular formula is C8H8N4O3S. The number of carbonyl (C=O) groups is 1. The van der Waals surface area contributed by atoms with Crippen LogP contribution < -0.4 is 0 Å². The SMILES string of the molecule is O=C(O)CSc1nncn1Cc1ccon1. The summed E-state index contributed by atoms with van der Waals surface area (Å²) < 4.78 is 6.41. The van der Waals surface area contributed by atoms with Crippen LogP contribution in [0.5, 0.6) is 0 Å². The van der Waals surface area contributed by atoms with Gasteiger partial charge < -0.3 is 14.2 Å². The molecule has 2 heterocycles. The van der Waals surface area contributed by atoms with E-state index < -0.39 is 5.97 Å². The lowest BCUT2D eigenvalue weighted by Crippen LogP contribution is -2.03. The maximum absolute atomic E-state index is 10.4. The molecule has 84 valence electrons. The maximum atomic E-state index is 10.4. The summed E-state index contributed by atoms with van der Waals surface area (Å²) in [5.41, 5.74) is 0.733. The molecule has 0 fully saturated rings.